The van der Waals surface area contributed by atoms with E-state index in [1.165, 1.54) is 25.7 Å². The van der Waals surface area contributed by atoms with Crippen LogP contribution in [0.2, 0.25) is 15.1 Å². The van der Waals surface area contributed by atoms with E-state index in [1.807, 2.05) is 0 Å². The summed E-state index contributed by atoms with van der Waals surface area (Å²) in [4.78, 5) is 0. The highest BCUT2D eigenvalue weighted by molar-refractivity contribution is 7.80. The largest absolute Gasteiger partial charge is 0.358 e. The number of nitrogens with one attached hydrogen (secondary N) is 3. The Morgan fingerprint density at radius 2 is 1.81 bits per heavy atom. The molecule has 21 heavy (non-hydrogen) atoms. The molecule has 114 valence electrons. The Balaban J connectivity index is 1.54. The third-order valence-electron chi connectivity index (χ3n) is 4.36. The van der Waals surface area contributed by atoms with Crippen molar-refractivity contribution in [2.24, 2.45) is 11.8 Å². The first-order valence-corrected chi connectivity index (χ1v) is 8.54. The summed E-state index contributed by atoms with van der Waals surface area (Å²) in [6, 6.07) is 3.75. The Hall–Kier alpha value is -0.420. The van der Waals surface area contributed by atoms with Crippen LogP contribution in [0.5, 0.6) is 0 Å². The minimum atomic E-state index is 0.447. The van der Waals surface area contributed by atoms with Gasteiger partial charge in [0.25, 0.3) is 0 Å². The van der Waals surface area contributed by atoms with E-state index in [2.05, 4.69) is 16.2 Å². The van der Waals surface area contributed by atoms with Gasteiger partial charge in [-0.2, -0.15) is 0 Å². The van der Waals surface area contributed by atoms with Crippen molar-refractivity contribution in [2.45, 2.75) is 31.7 Å². The molecule has 2 saturated carbocycles. The molecule has 3 rings (SSSR count). The highest BCUT2D eigenvalue weighted by atomic mass is 35.5. The number of hydrazine groups is 1. The first-order chi connectivity index (χ1) is 10.0. The Morgan fingerprint density at radius 3 is 2.38 bits per heavy atom. The van der Waals surface area contributed by atoms with E-state index in [0.717, 1.165) is 11.8 Å². The Morgan fingerprint density at radius 1 is 1.10 bits per heavy atom. The maximum Gasteiger partial charge on any atom is 0.185 e. The molecule has 0 unspecified atom stereocenters. The van der Waals surface area contributed by atoms with E-state index in [4.69, 9.17) is 47.0 Å². The lowest BCUT2D eigenvalue weighted by Gasteiger charge is -2.25. The monoisotopic (exact) mass is 363 g/mol. The van der Waals surface area contributed by atoms with Gasteiger partial charge in [-0.05, 0) is 55.4 Å². The number of rotatable bonds is 3. The molecule has 1 aromatic carbocycles. The number of benzene rings is 1. The normalized spacial score (nSPS) is 26.7. The zero-order valence-electron chi connectivity index (χ0n) is 11.3. The summed E-state index contributed by atoms with van der Waals surface area (Å²) in [5.41, 5.74) is 6.46. The molecule has 3 atom stereocenters. The van der Waals surface area contributed by atoms with Crippen molar-refractivity contribution < 1.29 is 0 Å². The number of hydrogen-bond acceptors (Lipinski definition) is 2. The van der Waals surface area contributed by atoms with Gasteiger partial charge in [0.05, 0.1) is 15.7 Å². The van der Waals surface area contributed by atoms with Crippen LogP contribution in [0.1, 0.15) is 25.7 Å². The van der Waals surface area contributed by atoms with E-state index in [1.54, 1.807) is 12.1 Å². The standard InChI is InChI=1S/C14H16Cl3N3S/c15-9-5-10(16)13(11(17)6-9)19-20-14(21)18-12-4-7-1-2-8(12)3-7/h5-8,12,19H,1-4H2,(H2,18,20,21)/t7-,8-,12+/m0/s1. The van der Waals surface area contributed by atoms with Gasteiger partial charge in [-0.25, -0.2) is 0 Å². The third kappa shape index (κ3) is 3.50. The van der Waals surface area contributed by atoms with Crippen LogP contribution in [0.4, 0.5) is 5.69 Å². The van der Waals surface area contributed by atoms with E-state index in [0.29, 0.717) is 31.9 Å². The molecule has 2 fully saturated rings. The van der Waals surface area contributed by atoms with Gasteiger partial charge < -0.3 is 5.32 Å². The van der Waals surface area contributed by atoms with Crippen molar-refractivity contribution in [1.29, 1.82) is 0 Å². The number of halogens is 3. The smallest absolute Gasteiger partial charge is 0.185 e. The molecule has 0 aliphatic heterocycles. The molecule has 3 nitrogen and oxygen atoms in total. The summed E-state index contributed by atoms with van der Waals surface area (Å²) in [6.07, 6.45) is 5.24. The van der Waals surface area contributed by atoms with Crippen LogP contribution in [0.3, 0.4) is 0 Å². The molecule has 0 aromatic heterocycles. The van der Waals surface area contributed by atoms with Crippen LogP contribution < -0.4 is 16.2 Å². The number of fused-ring (bicyclic) bond motifs is 2. The highest BCUT2D eigenvalue weighted by Gasteiger charge is 2.39. The van der Waals surface area contributed by atoms with Crippen molar-refractivity contribution in [1.82, 2.24) is 10.7 Å². The summed E-state index contributed by atoms with van der Waals surface area (Å²) >= 11 is 23.4. The quantitative estimate of drug-likeness (QED) is 0.540. The van der Waals surface area contributed by atoms with E-state index in [-0.39, 0.29) is 0 Å². The molecular weight excluding hydrogens is 349 g/mol. The minimum Gasteiger partial charge on any atom is -0.358 e. The van der Waals surface area contributed by atoms with Crippen molar-refractivity contribution in [3.05, 3.63) is 27.2 Å². The molecule has 2 aliphatic rings. The first-order valence-electron chi connectivity index (χ1n) is 7.00. The van der Waals surface area contributed by atoms with E-state index < -0.39 is 0 Å². The second kappa shape index (κ2) is 6.37. The van der Waals surface area contributed by atoms with E-state index >= 15 is 0 Å². The molecule has 3 N–H and O–H groups in total. The number of thiocarbonyl (C=S) groups is 1. The van der Waals surface area contributed by atoms with Gasteiger partial charge in [-0.15, -0.1) is 0 Å². The SMILES string of the molecule is S=C(NNc1c(Cl)cc(Cl)cc1Cl)N[C@@H]1C[C@H]2CC[C@H]1C2. The summed E-state index contributed by atoms with van der Waals surface area (Å²) in [7, 11) is 0. The maximum absolute atomic E-state index is 6.10. The Bertz CT molecular complexity index is 543. The van der Waals surface area contributed by atoms with Crippen LogP contribution >= 0.6 is 47.0 Å². The van der Waals surface area contributed by atoms with Gasteiger partial charge in [-0.3, -0.25) is 10.9 Å². The van der Waals surface area contributed by atoms with Crippen molar-refractivity contribution in [2.75, 3.05) is 5.43 Å². The van der Waals surface area contributed by atoms with Crippen LogP contribution in [0.25, 0.3) is 0 Å². The number of anilines is 1. The van der Waals surface area contributed by atoms with Crippen LogP contribution in [-0.4, -0.2) is 11.2 Å². The average Bonchev–Trinajstić information content (AvgIpc) is 2.99. The molecule has 0 saturated heterocycles. The fourth-order valence-electron chi connectivity index (χ4n) is 3.41. The minimum absolute atomic E-state index is 0.447. The molecule has 7 heteroatoms. The van der Waals surface area contributed by atoms with Crippen LogP contribution in [0.15, 0.2) is 12.1 Å². The summed E-state index contributed by atoms with van der Waals surface area (Å²) in [5, 5.41) is 5.33. The summed E-state index contributed by atoms with van der Waals surface area (Å²) in [6.45, 7) is 0. The van der Waals surface area contributed by atoms with Crippen molar-refractivity contribution in [3.63, 3.8) is 0 Å². The molecule has 0 heterocycles. The van der Waals surface area contributed by atoms with Gasteiger partial charge >= 0.3 is 0 Å². The van der Waals surface area contributed by atoms with Gasteiger partial charge in [0.2, 0.25) is 0 Å². The molecular formula is C14H16Cl3N3S. The lowest BCUT2D eigenvalue weighted by Crippen LogP contribution is -2.46. The lowest BCUT2D eigenvalue weighted by molar-refractivity contribution is 0.390. The third-order valence-corrected chi connectivity index (χ3v) is 5.40. The summed E-state index contributed by atoms with van der Waals surface area (Å²) < 4.78 is 0. The Labute approximate surface area is 144 Å². The predicted molar refractivity (Wildman–Crippen MR) is 93.2 cm³/mol. The molecule has 2 bridgehead atoms. The van der Waals surface area contributed by atoms with Gasteiger partial charge in [-0.1, -0.05) is 41.2 Å². The van der Waals surface area contributed by atoms with Gasteiger partial charge in [0, 0.05) is 11.1 Å². The van der Waals surface area contributed by atoms with Gasteiger partial charge in [0.1, 0.15) is 0 Å². The zero-order chi connectivity index (χ0) is 15.0. The molecule has 0 radical (unpaired) electrons. The summed E-state index contributed by atoms with van der Waals surface area (Å²) in [5.74, 6) is 1.64. The fraction of sp³-hybridized carbons (Fsp3) is 0.500. The second-order valence-corrected chi connectivity index (χ2v) is 7.41. The van der Waals surface area contributed by atoms with E-state index in [9.17, 15) is 0 Å². The average molecular weight is 365 g/mol. The van der Waals surface area contributed by atoms with Gasteiger partial charge in [0.15, 0.2) is 5.11 Å². The van der Waals surface area contributed by atoms with Crippen LogP contribution in [-0.2, 0) is 0 Å². The molecule has 0 spiro atoms. The molecule has 2 aliphatic carbocycles. The molecule has 0 amide bonds. The Kier molecular flexibility index (Phi) is 4.69. The first kappa shape index (κ1) is 15.5. The molecule has 1 aromatic rings. The predicted octanol–water partition coefficient (Wildman–Crippen LogP) is 4.63. The van der Waals surface area contributed by atoms with Crippen molar-refractivity contribution >= 4 is 57.8 Å². The number of hydrogen-bond donors (Lipinski definition) is 3. The lowest BCUT2D eigenvalue weighted by atomic mass is 9.96. The van der Waals surface area contributed by atoms with Crippen LogP contribution in [0, 0.1) is 11.8 Å². The highest BCUT2D eigenvalue weighted by Crippen LogP contribution is 2.44. The fourth-order valence-corrected chi connectivity index (χ4v) is 4.52. The topological polar surface area (TPSA) is 36.1 Å². The second-order valence-electron chi connectivity index (χ2n) is 5.75. The zero-order valence-corrected chi connectivity index (χ0v) is 14.3. The maximum atomic E-state index is 6.10. The van der Waals surface area contributed by atoms with Crippen molar-refractivity contribution in [3.8, 4) is 0 Å².